The molecule has 1 aliphatic heterocycles. The van der Waals surface area contributed by atoms with Crippen molar-refractivity contribution in [3.63, 3.8) is 0 Å². The van der Waals surface area contributed by atoms with Crippen LogP contribution in [-0.4, -0.2) is 41.9 Å². The van der Waals surface area contributed by atoms with Gasteiger partial charge in [-0.15, -0.1) is 0 Å². The van der Waals surface area contributed by atoms with Crippen LogP contribution in [-0.2, 0) is 16.0 Å². The Hall–Kier alpha value is -2.04. The highest BCUT2D eigenvalue weighted by atomic mass is 16.5. The Morgan fingerprint density at radius 3 is 2.65 bits per heavy atom. The molecule has 126 valence electrons. The van der Waals surface area contributed by atoms with Crippen molar-refractivity contribution in [2.24, 2.45) is 0 Å². The van der Waals surface area contributed by atoms with Gasteiger partial charge in [0, 0.05) is 24.9 Å². The van der Waals surface area contributed by atoms with E-state index in [1.807, 2.05) is 49.9 Å². The van der Waals surface area contributed by atoms with Crippen molar-refractivity contribution in [2.45, 2.75) is 51.6 Å². The molecule has 1 aromatic carbocycles. The zero-order chi connectivity index (χ0) is 17.0. The summed E-state index contributed by atoms with van der Waals surface area (Å²) in [4.78, 5) is 26.0. The highest BCUT2D eigenvalue weighted by Crippen LogP contribution is 2.22. The molecule has 1 unspecified atom stereocenters. The lowest BCUT2D eigenvalue weighted by Crippen LogP contribution is -2.44. The molecule has 5 heteroatoms. The molecule has 1 N–H and O–H groups in total. The Labute approximate surface area is 138 Å². The van der Waals surface area contributed by atoms with Crippen LogP contribution in [0.1, 0.15) is 39.2 Å². The number of benzene rings is 1. The van der Waals surface area contributed by atoms with Gasteiger partial charge < -0.3 is 15.0 Å². The minimum Gasteiger partial charge on any atom is -0.496 e. The quantitative estimate of drug-likeness (QED) is 0.905. The highest BCUT2D eigenvalue weighted by Gasteiger charge is 2.36. The maximum absolute atomic E-state index is 12.2. The number of para-hydroxylation sites is 1. The average Bonchev–Trinajstić information content (AvgIpc) is 2.86. The van der Waals surface area contributed by atoms with E-state index in [-0.39, 0.29) is 23.4 Å². The molecule has 0 aromatic heterocycles. The molecule has 2 amide bonds. The molecular formula is C18H26N2O3. The van der Waals surface area contributed by atoms with Crippen molar-refractivity contribution >= 4 is 11.8 Å². The van der Waals surface area contributed by atoms with Gasteiger partial charge in [-0.3, -0.25) is 9.59 Å². The molecule has 1 atom stereocenters. The molecule has 5 nitrogen and oxygen atoms in total. The molecule has 1 saturated heterocycles. The molecule has 0 bridgehead atoms. The van der Waals surface area contributed by atoms with Crippen molar-refractivity contribution in [2.75, 3.05) is 13.7 Å². The second-order valence-electron chi connectivity index (χ2n) is 6.96. The first-order valence-corrected chi connectivity index (χ1v) is 8.03. The Balaban J connectivity index is 1.85. The summed E-state index contributed by atoms with van der Waals surface area (Å²) in [6.45, 7) is 6.62. The molecule has 1 heterocycles. The Morgan fingerprint density at radius 2 is 2.04 bits per heavy atom. The third-order valence-corrected chi connectivity index (χ3v) is 4.11. The van der Waals surface area contributed by atoms with Gasteiger partial charge in [-0.1, -0.05) is 18.2 Å². The summed E-state index contributed by atoms with van der Waals surface area (Å²) in [7, 11) is 1.63. The maximum Gasteiger partial charge on any atom is 0.225 e. The van der Waals surface area contributed by atoms with Gasteiger partial charge in [-0.2, -0.15) is 0 Å². The molecular weight excluding hydrogens is 292 g/mol. The summed E-state index contributed by atoms with van der Waals surface area (Å²) in [5, 5.41) is 2.98. The number of hydrogen-bond acceptors (Lipinski definition) is 3. The number of amides is 2. The van der Waals surface area contributed by atoms with Crippen molar-refractivity contribution in [1.29, 1.82) is 0 Å². The van der Waals surface area contributed by atoms with Crippen LogP contribution in [0.15, 0.2) is 24.3 Å². The average molecular weight is 318 g/mol. The standard InChI is InChI=1S/C18H26N2O3/c1-18(2,3)20-12-14(11-17(20)22)19-16(21)10-9-13-7-5-6-8-15(13)23-4/h5-8,14H,9-12H2,1-4H3,(H,19,21). The Bertz CT molecular complexity index is 578. The zero-order valence-electron chi connectivity index (χ0n) is 14.4. The molecule has 0 spiro atoms. The fourth-order valence-corrected chi connectivity index (χ4v) is 2.91. The number of nitrogens with zero attached hydrogens (tertiary/aromatic N) is 1. The number of rotatable bonds is 5. The first-order valence-electron chi connectivity index (χ1n) is 8.03. The second-order valence-corrected chi connectivity index (χ2v) is 6.96. The van der Waals surface area contributed by atoms with Crippen LogP contribution in [0.2, 0.25) is 0 Å². The Kier molecular flexibility index (Phi) is 5.29. The molecule has 0 aliphatic carbocycles. The third kappa shape index (κ3) is 4.47. The molecule has 1 fully saturated rings. The van der Waals surface area contributed by atoms with E-state index in [4.69, 9.17) is 4.74 Å². The summed E-state index contributed by atoms with van der Waals surface area (Å²) in [5.74, 6) is 0.882. The first-order chi connectivity index (χ1) is 10.8. The van der Waals surface area contributed by atoms with E-state index < -0.39 is 0 Å². The first kappa shape index (κ1) is 17.3. The van der Waals surface area contributed by atoms with Crippen LogP contribution in [0.3, 0.4) is 0 Å². The molecule has 1 aliphatic rings. The van der Waals surface area contributed by atoms with E-state index in [1.165, 1.54) is 0 Å². The van der Waals surface area contributed by atoms with E-state index in [0.717, 1.165) is 11.3 Å². The maximum atomic E-state index is 12.2. The van der Waals surface area contributed by atoms with E-state index in [1.54, 1.807) is 7.11 Å². The van der Waals surface area contributed by atoms with Crippen LogP contribution < -0.4 is 10.1 Å². The number of carbonyl (C=O) groups is 2. The predicted octanol–water partition coefficient (Wildman–Crippen LogP) is 2.14. The minimum absolute atomic E-state index is 0.0236. The minimum atomic E-state index is -0.200. The van der Waals surface area contributed by atoms with Crippen LogP contribution in [0.4, 0.5) is 0 Å². The van der Waals surface area contributed by atoms with Crippen molar-refractivity contribution in [3.8, 4) is 5.75 Å². The van der Waals surface area contributed by atoms with Gasteiger partial charge in [-0.05, 0) is 38.8 Å². The van der Waals surface area contributed by atoms with Gasteiger partial charge in [-0.25, -0.2) is 0 Å². The normalized spacial score (nSPS) is 18.2. The summed E-state index contributed by atoms with van der Waals surface area (Å²) in [5.41, 5.74) is 0.817. The smallest absolute Gasteiger partial charge is 0.225 e. The second kappa shape index (κ2) is 7.02. The van der Waals surface area contributed by atoms with Crippen LogP contribution in [0.25, 0.3) is 0 Å². The molecule has 1 aromatic rings. The molecule has 2 rings (SSSR count). The number of likely N-dealkylation sites (tertiary alicyclic amines) is 1. The lowest BCUT2D eigenvalue weighted by Gasteiger charge is -2.32. The number of hydrogen-bond donors (Lipinski definition) is 1. The van der Waals surface area contributed by atoms with Gasteiger partial charge in [0.05, 0.1) is 13.2 Å². The van der Waals surface area contributed by atoms with Crippen LogP contribution in [0, 0.1) is 0 Å². The van der Waals surface area contributed by atoms with Crippen molar-refractivity contribution in [1.82, 2.24) is 10.2 Å². The zero-order valence-corrected chi connectivity index (χ0v) is 14.4. The van der Waals surface area contributed by atoms with Gasteiger partial charge in [0.2, 0.25) is 11.8 Å². The summed E-state index contributed by atoms with van der Waals surface area (Å²) in [6, 6.07) is 7.61. The summed E-state index contributed by atoms with van der Waals surface area (Å²) in [6.07, 6.45) is 1.40. The predicted molar refractivity (Wildman–Crippen MR) is 89.3 cm³/mol. The number of carbonyl (C=O) groups excluding carboxylic acids is 2. The number of aryl methyl sites for hydroxylation is 1. The largest absolute Gasteiger partial charge is 0.496 e. The van der Waals surface area contributed by atoms with Crippen LogP contribution >= 0.6 is 0 Å². The molecule has 23 heavy (non-hydrogen) atoms. The monoisotopic (exact) mass is 318 g/mol. The van der Waals surface area contributed by atoms with E-state index in [9.17, 15) is 9.59 Å². The lowest BCUT2D eigenvalue weighted by atomic mass is 10.1. The number of nitrogens with one attached hydrogen (secondary N) is 1. The van der Waals surface area contributed by atoms with E-state index >= 15 is 0 Å². The fraction of sp³-hybridized carbons (Fsp3) is 0.556. The number of ether oxygens (including phenoxy) is 1. The topological polar surface area (TPSA) is 58.6 Å². The van der Waals surface area contributed by atoms with Gasteiger partial charge >= 0.3 is 0 Å². The fourth-order valence-electron chi connectivity index (χ4n) is 2.91. The van der Waals surface area contributed by atoms with E-state index in [2.05, 4.69) is 5.32 Å². The summed E-state index contributed by atoms with van der Waals surface area (Å²) < 4.78 is 5.29. The summed E-state index contributed by atoms with van der Waals surface area (Å²) >= 11 is 0. The van der Waals surface area contributed by atoms with Gasteiger partial charge in [0.15, 0.2) is 0 Å². The van der Waals surface area contributed by atoms with E-state index in [0.29, 0.717) is 25.8 Å². The van der Waals surface area contributed by atoms with Crippen molar-refractivity contribution < 1.29 is 14.3 Å². The Morgan fingerprint density at radius 1 is 1.35 bits per heavy atom. The molecule has 0 radical (unpaired) electrons. The van der Waals surface area contributed by atoms with Crippen molar-refractivity contribution in [3.05, 3.63) is 29.8 Å². The SMILES string of the molecule is COc1ccccc1CCC(=O)NC1CC(=O)N(C(C)(C)C)C1. The van der Waals surface area contributed by atoms with Crippen LogP contribution in [0.5, 0.6) is 5.75 Å². The van der Waals surface area contributed by atoms with Gasteiger partial charge in [0.25, 0.3) is 0 Å². The lowest BCUT2D eigenvalue weighted by molar-refractivity contribution is -0.131. The van der Waals surface area contributed by atoms with Gasteiger partial charge in [0.1, 0.15) is 5.75 Å². The third-order valence-electron chi connectivity index (χ3n) is 4.11. The number of methoxy groups -OCH3 is 1. The molecule has 0 saturated carbocycles. The highest BCUT2D eigenvalue weighted by molar-refractivity contribution is 5.82.